The van der Waals surface area contributed by atoms with Gasteiger partial charge in [-0.2, -0.15) is 0 Å². The summed E-state index contributed by atoms with van der Waals surface area (Å²) in [6, 6.07) is 7.07. The minimum Gasteiger partial charge on any atom is -0.376 e. The van der Waals surface area contributed by atoms with Crippen molar-refractivity contribution in [2.24, 2.45) is 0 Å². The van der Waals surface area contributed by atoms with Crippen LogP contribution in [0.25, 0.3) is 0 Å². The van der Waals surface area contributed by atoms with E-state index in [1.54, 1.807) is 36.8 Å². The van der Waals surface area contributed by atoms with Crippen LogP contribution in [0.1, 0.15) is 16.1 Å². The van der Waals surface area contributed by atoms with Crippen molar-refractivity contribution in [2.45, 2.75) is 0 Å². The SMILES string of the molecule is CN(C)c1ccc(C(=O)c2cccnc2)nc1. The van der Waals surface area contributed by atoms with Crippen LogP contribution in [-0.4, -0.2) is 29.8 Å². The molecule has 0 fully saturated rings. The maximum absolute atomic E-state index is 12.0. The number of rotatable bonds is 3. The van der Waals surface area contributed by atoms with Crippen LogP contribution in [-0.2, 0) is 0 Å². The highest BCUT2D eigenvalue weighted by Crippen LogP contribution is 2.12. The van der Waals surface area contributed by atoms with Crippen molar-refractivity contribution in [3.05, 3.63) is 54.1 Å². The molecule has 0 N–H and O–H groups in total. The highest BCUT2D eigenvalue weighted by molar-refractivity contribution is 6.07. The van der Waals surface area contributed by atoms with E-state index in [0.29, 0.717) is 11.3 Å². The first kappa shape index (κ1) is 11.3. The first-order valence-corrected chi connectivity index (χ1v) is 5.26. The lowest BCUT2D eigenvalue weighted by atomic mass is 10.1. The van der Waals surface area contributed by atoms with Gasteiger partial charge in [-0.25, -0.2) is 0 Å². The van der Waals surface area contributed by atoms with Crippen LogP contribution in [0.2, 0.25) is 0 Å². The second-order valence-electron chi connectivity index (χ2n) is 3.87. The molecule has 0 aliphatic carbocycles. The topological polar surface area (TPSA) is 46.1 Å². The van der Waals surface area contributed by atoms with Crippen molar-refractivity contribution in [1.82, 2.24) is 9.97 Å². The van der Waals surface area contributed by atoms with Gasteiger partial charge in [0.2, 0.25) is 5.78 Å². The molecule has 0 saturated carbocycles. The fourth-order valence-electron chi connectivity index (χ4n) is 1.43. The third-order valence-corrected chi connectivity index (χ3v) is 2.42. The first-order chi connectivity index (χ1) is 8.18. The summed E-state index contributed by atoms with van der Waals surface area (Å²) in [6.45, 7) is 0. The van der Waals surface area contributed by atoms with E-state index >= 15 is 0 Å². The quantitative estimate of drug-likeness (QED) is 0.750. The Morgan fingerprint density at radius 1 is 1.18 bits per heavy atom. The van der Waals surface area contributed by atoms with Gasteiger partial charge in [-0.1, -0.05) is 0 Å². The summed E-state index contributed by atoms with van der Waals surface area (Å²) in [6.07, 6.45) is 4.87. The second kappa shape index (κ2) is 4.74. The standard InChI is InChI=1S/C13H13N3O/c1-16(2)11-5-6-12(15-9-11)13(17)10-4-3-7-14-8-10/h3-9H,1-2H3. The lowest BCUT2D eigenvalue weighted by Crippen LogP contribution is -2.10. The molecule has 0 aliphatic rings. The molecule has 2 rings (SSSR count). The Kier molecular flexibility index (Phi) is 3.14. The molecule has 0 unspecified atom stereocenters. The van der Waals surface area contributed by atoms with E-state index in [0.717, 1.165) is 5.69 Å². The number of carbonyl (C=O) groups is 1. The number of carbonyl (C=O) groups excluding carboxylic acids is 1. The maximum atomic E-state index is 12.0. The predicted molar refractivity (Wildman–Crippen MR) is 66.2 cm³/mol. The predicted octanol–water partition coefficient (Wildman–Crippen LogP) is 1.77. The van der Waals surface area contributed by atoms with E-state index in [1.165, 1.54) is 0 Å². The largest absolute Gasteiger partial charge is 0.376 e. The summed E-state index contributed by atoms with van der Waals surface area (Å²) in [4.78, 5) is 22.0. The Morgan fingerprint density at radius 3 is 2.53 bits per heavy atom. The second-order valence-corrected chi connectivity index (χ2v) is 3.87. The fraction of sp³-hybridized carbons (Fsp3) is 0.154. The van der Waals surface area contributed by atoms with Crippen LogP contribution in [0.4, 0.5) is 5.69 Å². The van der Waals surface area contributed by atoms with Crippen molar-refractivity contribution < 1.29 is 4.79 Å². The monoisotopic (exact) mass is 227 g/mol. The molecule has 0 radical (unpaired) electrons. The van der Waals surface area contributed by atoms with E-state index in [1.807, 2.05) is 25.1 Å². The molecule has 0 aromatic carbocycles. The third kappa shape index (κ3) is 2.47. The van der Waals surface area contributed by atoms with Crippen molar-refractivity contribution >= 4 is 11.5 Å². The lowest BCUT2D eigenvalue weighted by molar-refractivity contribution is 0.103. The zero-order valence-corrected chi connectivity index (χ0v) is 9.79. The molecule has 0 saturated heterocycles. The summed E-state index contributed by atoms with van der Waals surface area (Å²) >= 11 is 0. The fourth-order valence-corrected chi connectivity index (χ4v) is 1.43. The number of pyridine rings is 2. The van der Waals surface area contributed by atoms with E-state index in [2.05, 4.69) is 9.97 Å². The molecular formula is C13H13N3O. The summed E-state index contributed by atoms with van der Waals surface area (Å²) in [5.74, 6) is -0.108. The van der Waals surface area contributed by atoms with E-state index < -0.39 is 0 Å². The van der Waals surface area contributed by atoms with Gasteiger partial charge in [0.15, 0.2) is 0 Å². The smallest absolute Gasteiger partial charge is 0.212 e. The average Bonchev–Trinajstić information content (AvgIpc) is 2.39. The van der Waals surface area contributed by atoms with Crippen molar-refractivity contribution in [1.29, 1.82) is 0 Å². The molecule has 4 nitrogen and oxygen atoms in total. The maximum Gasteiger partial charge on any atom is 0.212 e. The number of hydrogen-bond acceptors (Lipinski definition) is 4. The minimum absolute atomic E-state index is 0.108. The van der Waals surface area contributed by atoms with Crippen LogP contribution in [0.5, 0.6) is 0 Å². The Labute approximate surface area is 99.9 Å². The Morgan fingerprint density at radius 2 is 2.00 bits per heavy atom. The van der Waals surface area contributed by atoms with Gasteiger partial charge in [0.25, 0.3) is 0 Å². The first-order valence-electron chi connectivity index (χ1n) is 5.26. The number of hydrogen-bond donors (Lipinski definition) is 0. The number of nitrogens with zero attached hydrogens (tertiary/aromatic N) is 3. The zero-order valence-electron chi connectivity index (χ0n) is 9.79. The molecular weight excluding hydrogens is 214 g/mol. The van der Waals surface area contributed by atoms with E-state index in [4.69, 9.17) is 0 Å². The highest BCUT2D eigenvalue weighted by Gasteiger charge is 2.10. The summed E-state index contributed by atoms with van der Waals surface area (Å²) in [7, 11) is 3.86. The van der Waals surface area contributed by atoms with Crippen molar-refractivity contribution in [2.75, 3.05) is 19.0 Å². The molecule has 0 bridgehead atoms. The Balaban J connectivity index is 2.27. The molecule has 17 heavy (non-hydrogen) atoms. The molecule has 0 aliphatic heterocycles. The molecule has 86 valence electrons. The van der Waals surface area contributed by atoms with Crippen LogP contribution in [0.3, 0.4) is 0 Å². The van der Waals surface area contributed by atoms with Gasteiger partial charge in [0.1, 0.15) is 5.69 Å². The number of ketones is 1. The highest BCUT2D eigenvalue weighted by atomic mass is 16.1. The number of anilines is 1. The molecule has 0 amide bonds. The molecule has 2 aromatic rings. The van der Waals surface area contributed by atoms with E-state index in [9.17, 15) is 4.79 Å². The van der Waals surface area contributed by atoms with E-state index in [-0.39, 0.29) is 5.78 Å². The van der Waals surface area contributed by atoms with Gasteiger partial charge < -0.3 is 4.90 Å². The van der Waals surface area contributed by atoms with Gasteiger partial charge in [0, 0.05) is 32.1 Å². The van der Waals surface area contributed by atoms with Crippen molar-refractivity contribution in [3.63, 3.8) is 0 Å². The minimum atomic E-state index is -0.108. The Bertz CT molecular complexity index is 506. The average molecular weight is 227 g/mol. The molecule has 0 atom stereocenters. The summed E-state index contributed by atoms with van der Waals surface area (Å²) in [5, 5.41) is 0. The molecule has 4 heteroatoms. The van der Waals surface area contributed by atoms with Crippen LogP contribution >= 0.6 is 0 Å². The van der Waals surface area contributed by atoms with Gasteiger partial charge in [0.05, 0.1) is 11.9 Å². The van der Waals surface area contributed by atoms with Crippen molar-refractivity contribution in [3.8, 4) is 0 Å². The summed E-state index contributed by atoms with van der Waals surface area (Å²) < 4.78 is 0. The van der Waals surface area contributed by atoms with Gasteiger partial charge >= 0.3 is 0 Å². The van der Waals surface area contributed by atoms with Gasteiger partial charge in [-0.3, -0.25) is 14.8 Å². The third-order valence-electron chi connectivity index (χ3n) is 2.42. The normalized spacial score (nSPS) is 10.0. The Hall–Kier alpha value is -2.23. The summed E-state index contributed by atoms with van der Waals surface area (Å²) in [5.41, 5.74) is 1.95. The lowest BCUT2D eigenvalue weighted by Gasteiger charge is -2.11. The zero-order chi connectivity index (χ0) is 12.3. The molecule has 2 aromatic heterocycles. The molecule has 2 heterocycles. The van der Waals surface area contributed by atoms with Gasteiger partial charge in [-0.15, -0.1) is 0 Å². The van der Waals surface area contributed by atoms with Gasteiger partial charge in [-0.05, 0) is 24.3 Å². The molecule has 0 spiro atoms. The van der Waals surface area contributed by atoms with Crippen LogP contribution in [0.15, 0.2) is 42.9 Å². The van der Waals surface area contributed by atoms with Crippen LogP contribution < -0.4 is 4.90 Å². The van der Waals surface area contributed by atoms with Crippen LogP contribution in [0, 0.1) is 0 Å². The number of aromatic nitrogens is 2.